The van der Waals surface area contributed by atoms with Crippen LogP contribution in [0.1, 0.15) is 23.2 Å². The number of hydrogen-bond acceptors (Lipinski definition) is 6. The number of aryl methyl sites for hydroxylation is 1. The van der Waals surface area contributed by atoms with E-state index in [2.05, 4.69) is 20.6 Å². The van der Waals surface area contributed by atoms with Gasteiger partial charge < -0.3 is 20.5 Å². The zero-order chi connectivity index (χ0) is 25.0. The van der Waals surface area contributed by atoms with Crippen molar-refractivity contribution in [1.29, 1.82) is 0 Å². The number of hydrogen-bond donors (Lipinski definition) is 3. The number of amides is 1. The van der Waals surface area contributed by atoms with Crippen molar-refractivity contribution in [1.82, 2.24) is 10.3 Å². The molecule has 4 rings (SSSR count). The number of nitrogens with one attached hydrogen (secondary N) is 2. The van der Waals surface area contributed by atoms with Gasteiger partial charge in [0.05, 0.1) is 17.3 Å². The van der Waals surface area contributed by atoms with E-state index in [1.54, 1.807) is 42.6 Å². The highest BCUT2D eigenvalue weighted by atomic mass is 35.5. The molecule has 2 heterocycles. The lowest BCUT2D eigenvalue weighted by Crippen LogP contribution is -2.20. The second-order valence-corrected chi connectivity index (χ2v) is 8.05. The van der Waals surface area contributed by atoms with E-state index in [1.165, 1.54) is 0 Å². The first kappa shape index (κ1) is 24.3. The van der Waals surface area contributed by atoms with E-state index in [0.717, 1.165) is 30.1 Å². The molecule has 0 aliphatic carbocycles. The van der Waals surface area contributed by atoms with Crippen LogP contribution in [0.5, 0.6) is 17.2 Å². The van der Waals surface area contributed by atoms with Crippen molar-refractivity contribution in [2.75, 3.05) is 18.4 Å². The summed E-state index contributed by atoms with van der Waals surface area (Å²) >= 11 is 5.55. The minimum atomic E-state index is -4.86. The van der Waals surface area contributed by atoms with E-state index in [4.69, 9.17) is 16.3 Å². The molecule has 7 nitrogen and oxygen atoms in total. The van der Waals surface area contributed by atoms with Crippen molar-refractivity contribution >= 4 is 29.0 Å². The third-order valence-corrected chi connectivity index (χ3v) is 5.45. The number of carbonyl (C=O) groups excluding carboxylic acids is 1. The van der Waals surface area contributed by atoms with Crippen molar-refractivity contribution in [2.24, 2.45) is 4.99 Å². The highest BCUT2D eigenvalue weighted by molar-refractivity contribution is 6.31. The number of amidine groups is 1. The quantitative estimate of drug-likeness (QED) is 0.386. The maximum Gasteiger partial charge on any atom is 0.421 e. The molecule has 0 unspecified atom stereocenters. The number of ether oxygens (including phenoxy) is 1. The molecule has 11 heteroatoms. The Hall–Kier alpha value is -3.79. The Morgan fingerprint density at radius 2 is 1.91 bits per heavy atom. The Morgan fingerprint density at radius 3 is 2.60 bits per heavy atom. The first-order valence-electron chi connectivity index (χ1n) is 10.6. The number of phenols is 1. The summed E-state index contributed by atoms with van der Waals surface area (Å²) in [7, 11) is 0. The molecule has 0 radical (unpaired) electrons. The minimum absolute atomic E-state index is 0.00749. The molecule has 0 atom stereocenters. The molecule has 2 aromatic carbocycles. The molecule has 1 aromatic heterocycles. The van der Waals surface area contributed by atoms with Gasteiger partial charge in [0.1, 0.15) is 28.6 Å². The molecule has 1 amide bonds. The minimum Gasteiger partial charge on any atom is -0.505 e. The highest BCUT2D eigenvalue weighted by Crippen LogP contribution is 2.44. The predicted molar refractivity (Wildman–Crippen MR) is 125 cm³/mol. The molecule has 3 N–H and O–H groups in total. The molecule has 182 valence electrons. The van der Waals surface area contributed by atoms with Crippen LogP contribution in [0.4, 0.5) is 18.9 Å². The van der Waals surface area contributed by atoms with Gasteiger partial charge in [0.2, 0.25) is 5.91 Å². The average molecular weight is 505 g/mol. The third-order valence-electron chi connectivity index (χ3n) is 5.13. The number of carbonyl (C=O) groups is 1. The fraction of sp³-hybridized carbons (Fsp3) is 0.208. The number of pyridine rings is 1. The molecule has 35 heavy (non-hydrogen) atoms. The summed E-state index contributed by atoms with van der Waals surface area (Å²) in [5.41, 5.74) is -0.229. The fourth-order valence-corrected chi connectivity index (χ4v) is 3.70. The van der Waals surface area contributed by atoms with Gasteiger partial charge in [-0.15, -0.1) is 0 Å². The monoisotopic (exact) mass is 504 g/mol. The van der Waals surface area contributed by atoms with Crippen molar-refractivity contribution in [3.8, 4) is 17.2 Å². The van der Waals surface area contributed by atoms with Crippen molar-refractivity contribution < 1.29 is 27.8 Å². The smallest absolute Gasteiger partial charge is 0.421 e. The number of phenolic OH excluding ortho intramolecular Hbond substituents is 1. The Bertz CT molecular complexity index is 1260. The number of rotatable bonds is 7. The number of nitrogens with zero attached hydrogens (tertiary/aromatic N) is 2. The summed E-state index contributed by atoms with van der Waals surface area (Å²) in [5, 5.41) is 14.7. The van der Waals surface area contributed by atoms with Crippen LogP contribution in [0.2, 0.25) is 5.02 Å². The van der Waals surface area contributed by atoms with E-state index in [0.29, 0.717) is 30.2 Å². The molecule has 0 saturated carbocycles. The molecule has 0 spiro atoms. The zero-order valence-electron chi connectivity index (χ0n) is 18.2. The summed E-state index contributed by atoms with van der Waals surface area (Å²) in [4.78, 5) is 20.9. The predicted octanol–water partition coefficient (Wildman–Crippen LogP) is 5.17. The summed E-state index contributed by atoms with van der Waals surface area (Å²) in [6.07, 6.45) is -2.90. The van der Waals surface area contributed by atoms with Crippen molar-refractivity contribution in [2.45, 2.75) is 19.0 Å². The molecule has 0 saturated heterocycles. The average Bonchev–Trinajstić information content (AvgIpc) is 3.35. The summed E-state index contributed by atoms with van der Waals surface area (Å²) in [5.74, 6) is 0.242. The largest absolute Gasteiger partial charge is 0.505 e. The maximum absolute atomic E-state index is 13.1. The summed E-state index contributed by atoms with van der Waals surface area (Å²) < 4.78 is 45.1. The molecule has 3 aromatic rings. The van der Waals surface area contributed by atoms with Crippen LogP contribution in [0, 0.1) is 0 Å². The first-order chi connectivity index (χ1) is 16.7. The summed E-state index contributed by atoms with van der Waals surface area (Å²) in [6.45, 7) is 1.48. The summed E-state index contributed by atoms with van der Waals surface area (Å²) in [6, 6.07) is 12.7. The number of anilines is 1. The van der Waals surface area contributed by atoms with Gasteiger partial charge in [-0.1, -0.05) is 23.7 Å². The SMILES string of the molecule is O=C(CCc1ccc(Oc2ccnc(C3=NCCN3)c2)cc1)Nc1ccc(Cl)c(C(F)(F)F)c1O. The lowest BCUT2D eigenvalue weighted by Gasteiger charge is -2.15. The van der Waals surface area contributed by atoms with Crippen LogP contribution < -0.4 is 15.4 Å². The number of aliphatic imine (C=N–C) groups is 1. The van der Waals surface area contributed by atoms with Gasteiger partial charge in [-0.25, -0.2) is 0 Å². The van der Waals surface area contributed by atoms with Gasteiger partial charge in [0, 0.05) is 25.2 Å². The Kier molecular flexibility index (Phi) is 7.11. The van der Waals surface area contributed by atoms with Crippen LogP contribution in [0.3, 0.4) is 0 Å². The number of aromatic nitrogens is 1. The maximum atomic E-state index is 13.1. The van der Waals surface area contributed by atoms with E-state index in [1.807, 2.05) is 0 Å². The van der Waals surface area contributed by atoms with Crippen molar-refractivity contribution in [3.05, 3.63) is 76.6 Å². The van der Waals surface area contributed by atoms with E-state index in [9.17, 15) is 23.1 Å². The third kappa shape index (κ3) is 6.02. The lowest BCUT2D eigenvalue weighted by atomic mass is 10.1. The van der Waals surface area contributed by atoms with Crippen LogP contribution in [0.15, 0.2) is 59.7 Å². The number of benzene rings is 2. The second kappa shape index (κ2) is 10.2. The van der Waals surface area contributed by atoms with Crippen molar-refractivity contribution in [3.63, 3.8) is 0 Å². The topological polar surface area (TPSA) is 95.8 Å². The standard InChI is InChI=1S/C24H20ClF3N4O3/c25-17-6-7-18(22(34)21(17)24(26,27)28)32-20(33)8-3-14-1-4-15(5-2-14)35-16-9-10-29-19(13-16)23-30-11-12-31-23/h1-2,4-7,9-10,13,34H,3,8,11-12H2,(H,30,31)(H,32,33). The molecule has 0 fully saturated rings. The van der Waals surface area contributed by atoms with Crippen LogP contribution in [-0.2, 0) is 17.4 Å². The van der Waals surface area contributed by atoms with Gasteiger partial charge in [0.15, 0.2) is 5.75 Å². The van der Waals surface area contributed by atoms with Gasteiger partial charge in [-0.05, 0) is 42.3 Å². The Labute approximate surface area is 203 Å². The van der Waals surface area contributed by atoms with Crippen LogP contribution in [-0.4, -0.2) is 34.9 Å². The van der Waals surface area contributed by atoms with Gasteiger partial charge in [0.25, 0.3) is 0 Å². The fourth-order valence-electron chi connectivity index (χ4n) is 3.44. The normalized spacial score (nSPS) is 13.2. The molecule has 0 bridgehead atoms. The van der Waals surface area contributed by atoms with Crippen LogP contribution in [0.25, 0.3) is 0 Å². The molecule has 1 aliphatic heterocycles. The molecular weight excluding hydrogens is 485 g/mol. The van der Waals surface area contributed by atoms with Gasteiger partial charge >= 0.3 is 6.18 Å². The number of alkyl halides is 3. The van der Waals surface area contributed by atoms with Gasteiger partial charge in [-0.3, -0.25) is 14.8 Å². The number of aromatic hydroxyl groups is 1. The molecular formula is C24H20ClF3N4O3. The zero-order valence-corrected chi connectivity index (χ0v) is 19.0. The highest BCUT2D eigenvalue weighted by Gasteiger charge is 2.37. The Morgan fingerprint density at radius 1 is 1.14 bits per heavy atom. The van der Waals surface area contributed by atoms with Gasteiger partial charge in [-0.2, -0.15) is 13.2 Å². The van der Waals surface area contributed by atoms with E-state index < -0.39 is 28.4 Å². The second-order valence-electron chi connectivity index (χ2n) is 7.64. The first-order valence-corrected chi connectivity index (χ1v) is 11.0. The lowest BCUT2D eigenvalue weighted by molar-refractivity contribution is -0.138. The van der Waals surface area contributed by atoms with E-state index >= 15 is 0 Å². The van der Waals surface area contributed by atoms with Crippen LogP contribution >= 0.6 is 11.6 Å². The van der Waals surface area contributed by atoms with E-state index in [-0.39, 0.29) is 12.1 Å². The molecule has 1 aliphatic rings. The number of halogens is 4. The Balaban J connectivity index is 1.34.